The summed E-state index contributed by atoms with van der Waals surface area (Å²) in [5.74, 6) is 0.607. The summed E-state index contributed by atoms with van der Waals surface area (Å²) in [6, 6.07) is 13.0. The Kier molecular flexibility index (Phi) is 4.04. The Hall–Kier alpha value is -1.63. The Bertz CT molecular complexity index is 506. The van der Waals surface area contributed by atoms with Gasteiger partial charge in [-0.3, -0.25) is 4.98 Å². The molecule has 0 N–H and O–H groups in total. The number of nitrogens with zero attached hydrogens (tertiary/aromatic N) is 1. The molecule has 0 saturated heterocycles. The van der Waals surface area contributed by atoms with Crippen LogP contribution in [-0.4, -0.2) is 4.98 Å². The van der Waals surface area contributed by atoms with Gasteiger partial charge in [-0.2, -0.15) is 0 Å². The molecule has 1 nitrogen and oxygen atoms in total. The summed E-state index contributed by atoms with van der Waals surface area (Å²) < 4.78 is 0. The third kappa shape index (κ3) is 3.23. The van der Waals surface area contributed by atoms with Crippen molar-refractivity contribution in [3.05, 3.63) is 54.4 Å². The standard InChI is InChI=1S/C18H23N/c1-5-17(18(2,3)4)15-10-8-14(9-11-15)16-7-6-12-19-13-16/h6-13,17H,5H2,1-4H3. The maximum atomic E-state index is 4.17. The number of benzene rings is 1. The van der Waals surface area contributed by atoms with Crippen molar-refractivity contribution in [1.29, 1.82) is 0 Å². The van der Waals surface area contributed by atoms with Crippen LogP contribution in [0.2, 0.25) is 0 Å². The first-order valence-corrected chi connectivity index (χ1v) is 7.02. The average Bonchev–Trinajstić information content (AvgIpc) is 2.40. The van der Waals surface area contributed by atoms with Gasteiger partial charge < -0.3 is 0 Å². The fourth-order valence-electron chi connectivity index (χ4n) is 2.79. The molecule has 2 aromatic rings. The lowest BCUT2D eigenvalue weighted by Gasteiger charge is -2.30. The van der Waals surface area contributed by atoms with E-state index in [-0.39, 0.29) is 0 Å². The monoisotopic (exact) mass is 253 g/mol. The minimum Gasteiger partial charge on any atom is -0.264 e. The highest BCUT2D eigenvalue weighted by molar-refractivity contribution is 5.62. The van der Waals surface area contributed by atoms with Crippen LogP contribution < -0.4 is 0 Å². The number of hydrogen-bond acceptors (Lipinski definition) is 1. The smallest absolute Gasteiger partial charge is 0.0346 e. The van der Waals surface area contributed by atoms with Gasteiger partial charge in [0.25, 0.3) is 0 Å². The van der Waals surface area contributed by atoms with Crippen LogP contribution in [0.1, 0.15) is 45.6 Å². The molecule has 1 atom stereocenters. The normalized spacial score (nSPS) is 13.3. The first kappa shape index (κ1) is 13.8. The van der Waals surface area contributed by atoms with Crippen LogP contribution in [-0.2, 0) is 0 Å². The molecule has 1 aromatic carbocycles. The zero-order valence-corrected chi connectivity index (χ0v) is 12.4. The lowest BCUT2D eigenvalue weighted by atomic mass is 9.75. The van der Waals surface area contributed by atoms with Crippen molar-refractivity contribution in [3.8, 4) is 11.1 Å². The predicted octanol–water partition coefficient (Wildman–Crippen LogP) is 5.29. The van der Waals surface area contributed by atoms with Gasteiger partial charge in [-0.15, -0.1) is 0 Å². The van der Waals surface area contributed by atoms with Crippen molar-refractivity contribution in [2.75, 3.05) is 0 Å². The highest BCUT2D eigenvalue weighted by Gasteiger charge is 2.24. The van der Waals surface area contributed by atoms with Gasteiger partial charge in [0.2, 0.25) is 0 Å². The summed E-state index contributed by atoms with van der Waals surface area (Å²) in [5, 5.41) is 0. The SMILES string of the molecule is CCC(c1ccc(-c2cccnc2)cc1)C(C)(C)C. The second-order valence-electron chi connectivity index (χ2n) is 6.19. The molecule has 1 heterocycles. The van der Waals surface area contributed by atoms with E-state index in [1.54, 1.807) is 0 Å². The largest absolute Gasteiger partial charge is 0.264 e. The molecule has 2 rings (SSSR count). The van der Waals surface area contributed by atoms with E-state index < -0.39 is 0 Å². The van der Waals surface area contributed by atoms with Crippen molar-refractivity contribution < 1.29 is 0 Å². The maximum Gasteiger partial charge on any atom is 0.0346 e. The van der Waals surface area contributed by atoms with Crippen molar-refractivity contribution in [1.82, 2.24) is 4.98 Å². The molecule has 0 aliphatic rings. The summed E-state index contributed by atoms with van der Waals surface area (Å²) in [6.45, 7) is 9.22. The molecule has 1 heteroatoms. The zero-order chi connectivity index (χ0) is 13.9. The molecule has 0 fully saturated rings. The molecule has 0 spiro atoms. The predicted molar refractivity (Wildman–Crippen MR) is 82.2 cm³/mol. The number of pyridine rings is 1. The van der Waals surface area contributed by atoms with E-state index in [1.165, 1.54) is 23.1 Å². The molecule has 1 aromatic heterocycles. The Morgan fingerprint density at radius 3 is 2.16 bits per heavy atom. The molecule has 0 saturated carbocycles. The summed E-state index contributed by atoms with van der Waals surface area (Å²) in [7, 11) is 0. The van der Waals surface area contributed by atoms with Gasteiger partial charge >= 0.3 is 0 Å². The Labute approximate surface area is 116 Å². The van der Waals surface area contributed by atoms with Gasteiger partial charge in [0.05, 0.1) is 0 Å². The third-order valence-corrected chi connectivity index (χ3v) is 3.76. The van der Waals surface area contributed by atoms with E-state index in [2.05, 4.69) is 63.0 Å². The Morgan fingerprint density at radius 2 is 1.68 bits per heavy atom. The zero-order valence-electron chi connectivity index (χ0n) is 12.4. The topological polar surface area (TPSA) is 12.9 Å². The minimum absolute atomic E-state index is 0.310. The first-order valence-electron chi connectivity index (χ1n) is 7.02. The summed E-state index contributed by atoms with van der Waals surface area (Å²) in [6.07, 6.45) is 4.90. The molecule has 0 radical (unpaired) electrons. The van der Waals surface area contributed by atoms with Gasteiger partial charge in [-0.05, 0) is 40.5 Å². The van der Waals surface area contributed by atoms with Crippen LogP contribution in [0, 0.1) is 5.41 Å². The molecular weight excluding hydrogens is 230 g/mol. The third-order valence-electron chi connectivity index (χ3n) is 3.76. The highest BCUT2D eigenvalue weighted by atomic mass is 14.6. The lowest BCUT2D eigenvalue weighted by Crippen LogP contribution is -2.17. The van der Waals surface area contributed by atoms with E-state index in [1.807, 2.05) is 18.5 Å². The summed E-state index contributed by atoms with van der Waals surface area (Å²) in [4.78, 5) is 4.17. The molecule has 0 aliphatic carbocycles. The fraction of sp³-hybridized carbons (Fsp3) is 0.389. The maximum absolute atomic E-state index is 4.17. The number of hydrogen-bond donors (Lipinski definition) is 0. The van der Waals surface area contributed by atoms with Gasteiger partial charge in [-0.1, -0.05) is 58.0 Å². The van der Waals surface area contributed by atoms with Crippen molar-refractivity contribution >= 4 is 0 Å². The van der Waals surface area contributed by atoms with E-state index in [0.717, 1.165) is 0 Å². The van der Waals surface area contributed by atoms with Gasteiger partial charge in [0, 0.05) is 12.4 Å². The van der Waals surface area contributed by atoms with Gasteiger partial charge in [-0.25, -0.2) is 0 Å². The van der Waals surface area contributed by atoms with Crippen molar-refractivity contribution in [3.63, 3.8) is 0 Å². The van der Waals surface area contributed by atoms with E-state index in [4.69, 9.17) is 0 Å². The highest BCUT2D eigenvalue weighted by Crippen LogP contribution is 2.37. The van der Waals surface area contributed by atoms with Crippen LogP contribution in [0.25, 0.3) is 11.1 Å². The van der Waals surface area contributed by atoms with Gasteiger partial charge in [0.15, 0.2) is 0 Å². The molecule has 0 bridgehead atoms. The molecule has 0 amide bonds. The van der Waals surface area contributed by atoms with Crippen LogP contribution in [0.15, 0.2) is 48.8 Å². The summed E-state index contributed by atoms with van der Waals surface area (Å²) in [5.41, 5.74) is 4.16. The average molecular weight is 253 g/mol. The number of rotatable bonds is 3. The molecule has 100 valence electrons. The quantitative estimate of drug-likeness (QED) is 0.724. The number of aromatic nitrogens is 1. The fourth-order valence-corrected chi connectivity index (χ4v) is 2.79. The first-order chi connectivity index (χ1) is 9.02. The van der Waals surface area contributed by atoms with Crippen LogP contribution in [0.4, 0.5) is 0 Å². The van der Waals surface area contributed by atoms with Crippen LogP contribution >= 0.6 is 0 Å². The van der Waals surface area contributed by atoms with Gasteiger partial charge in [0.1, 0.15) is 0 Å². The van der Waals surface area contributed by atoms with E-state index >= 15 is 0 Å². The Morgan fingerprint density at radius 1 is 1.00 bits per heavy atom. The van der Waals surface area contributed by atoms with Crippen LogP contribution in [0.3, 0.4) is 0 Å². The second-order valence-corrected chi connectivity index (χ2v) is 6.19. The van der Waals surface area contributed by atoms with E-state index in [0.29, 0.717) is 11.3 Å². The molecule has 19 heavy (non-hydrogen) atoms. The van der Waals surface area contributed by atoms with Crippen molar-refractivity contribution in [2.45, 2.75) is 40.0 Å². The molecule has 1 unspecified atom stereocenters. The Balaban J connectivity index is 2.28. The second kappa shape index (κ2) is 5.56. The molecule has 0 aliphatic heterocycles. The summed E-state index contributed by atoms with van der Waals surface area (Å²) >= 11 is 0. The van der Waals surface area contributed by atoms with Crippen molar-refractivity contribution in [2.24, 2.45) is 5.41 Å². The minimum atomic E-state index is 0.310. The molecular formula is C18H23N. The van der Waals surface area contributed by atoms with Crippen LogP contribution in [0.5, 0.6) is 0 Å². The van der Waals surface area contributed by atoms with E-state index in [9.17, 15) is 0 Å². The lowest BCUT2D eigenvalue weighted by molar-refractivity contribution is 0.312.